The zero-order valence-corrected chi connectivity index (χ0v) is 8.98. The van der Waals surface area contributed by atoms with Gasteiger partial charge in [-0.2, -0.15) is 8.75 Å². The van der Waals surface area contributed by atoms with Gasteiger partial charge in [0.15, 0.2) is 5.52 Å². The summed E-state index contributed by atoms with van der Waals surface area (Å²) >= 11 is 0.982. The number of rotatable bonds is 2. The van der Waals surface area contributed by atoms with Crippen LogP contribution in [0.15, 0.2) is 12.1 Å². The van der Waals surface area contributed by atoms with Crippen LogP contribution >= 0.6 is 11.7 Å². The Balaban J connectivity index is 2.81. The number of hydrogen-bond acceptors (Lipinski definition) is 6. The SMILES string of the molecule is CN(C)c1ccc2nsnc2c1[N+](=O)[O-]. The van der Waals surface area contributed by atoms with Gasteiger partial charge in [0.2, 0.25) is 0 Å². The maximum atomic E-state index is 11.0. The molecule has 0 saturated carbocycles. The lowest BCUT2D eigenvalue weighted by atomic mass is 10.2. The normalized spacial score (nSPS) is 10.5. The van der Waals surface area contributed by atoms with Gasteiger partial charge in [0.05, 0.1) is 16.7 Å². The maximum Gasteiger partial charge on any atom is 0.321 e. The van der Waals surface area contributed by atoms with Crippen LogP contribution in [0.3, 0.4) is 0 Å². The summed E-state index contributed by atoms with van der Waals surface area (Å²) in [5, 5.41) is 11.0. The van der Waals surface area contributed by atoms with Crippen molar-refractivity contribution in [3.8, 4) is 0 Å². The first-order valence-corrected chi connectivity index (χ1v) is 4.91. The topological polar surface area (TPSA) is 72.2 Å². The Labute approximate surface area is 89.6 Å². The van der Waals surface area contributed by atoms with Crippen molar-refractivity contribution >= 4 is 34.1 Å². The molecule has 0 radical (unpaired) electrons. The van der Waals surface area contributed by atoms with Gasteiger partial charge in [-0.3, -0.25) is 10.1 Å². The smallest absolute Gasteiger partial charge is 0.321 e. The second kappa shape index (κ2) is 3.43. The molecule has 78 valence electrons. The number of nitro groups is 1. The molecule has 0 unspecified atom stereocenters. The molecule has 1 aromatic heterocycles. The summed E-state index contributed by atoms with van der Waals surface area (Å²) in [4.78, 5) is 12.2. The minimum absolute atomic E-state index is 0.0197. The summed E-state index contributed by atoms with van der Waals surface area (Å²) in [6.07, 6.45) is 0. The largest absolute Gasteiger partial charge is 0.372 e. The number of fused-ring (bicyclic) bond motifs is 1. The van der Waals surface area contributed by atoms with Crippen molar-refractivity contribution in [1.82, 2.24) is 8.75 Å². The van der Waals surface area contributed by atoms with Gasteiger partial charge in [0, 0.05) is 14.1 Å². The molecule has 2 rings (SSSR count). The van der Waals surface area contributed by atoms with E-state index in [0.717, 1.165) is 11.7 Å². The first-order valence-electron chi connectivity index (χ1n) is 4.18. The standard InChI is InChI=1S/C8H8N4O2S/c1-11(2)6-4-3-5-7(10-15-9-5)8(6)12(13)14/h3-4H,1-2H3. The van der Waals surface area contributed by atoms with Crippen molar-refractivity contribution in [2.45, 2.75) is 0 Å². The Bertz CT molecular complexity index is 522. The summed E-state index contributed by atoms with van der Waals surface area (Å²) in [5.41, 5.74) is 1.49. The fourth-order valence-corrected chi connectivity index (χ4v) is 1.91. The van der Waals surface area contributed by atoms with E-state index in [0.29, 0.717) is 16.7 Å². The average Bonchev–Trinajstić information content (AvgIpc) is 2.62. The molecule has 0 aliphatic rings. The van der Waals surface area contributed by atoms with E-state index in [-0.39, 0.29) is 5.69 Å². The molecule has 2 aromatic rings. The van der Waals surface area contributed by atoms with Crippen molar-refractivity contribution in [1.29, 1.82) is 0 Å². The summed E-state index contributed by atoms with van der Waals surface area (Å²) in [6, 6.07) is 3.42. The molecule has 0 atom stereocenters. The van der Waals surface area contributed by atoms with Crippen molar-refractivity contribution in [2.75, 3.05) is 19.0 Å². The fourth-order valence-electron chi connectivity index (χ4n) is 1.37. The second-order valence-corrected chi connectivity index (χ2v) is 3.75. The Morgan fingerprint density at radius 1 is 1.40 bits per heavy atom. The Kier molecular flexibility index (Phi) is 2.24. The molecular weight excluding hydrogens is 216 g/mol. The van der Waals surface area contributed by atoms with Crippen LogP contribution < -0.4 is 4.90 Å². The second-order valence-electron chi connectivity index (χ2n) is 3.22. The van der Waals surface area contributed by atoms with E-state index in [4.69, 9.17) is 0 Å². The highest BCUT2D eigenvalue weighted by Gasteiger charge is 2.22. The summed E-state index contributed by atoms with van der Waals surface area (Å²) in [5.74, 6) is 0. The van der Waals surface area contributed by atoms with Gasteiger partial charge in [0.1, 0.15) is 11.2 Å². The zero-order valence-electron chi connectivity index (χ0n) is 8.17. The molecule has 7 heteroatoms. The van der Waals surface area contributed by atoms with E-state index in [1.165, 1.54) is 0 Å². The van der Waals surface area contributed by atoms with E-state index in [9.17, 15) is 10.1 Å². The van der Waals surface area contributed by atoms with Crippen molar-refractivity contribution in [2.24, 2.45) is 0 Å². The number of anilines is 1. The molecule has 1 heterocycles. The van der Waals surface area contributed by atoms with Crippen LogP contribution in [0.5, 0.6) is 0 Å². The van der Waals surface area contributed by atoms with E-state index < -0.39 is 4.92 Å². The lowest BCUT2D eigenvalue weighted by Gasteiger charge is -2.11. The van der Waals surface area contributed by atoms with Crippen LogP contribution in [0, 0.1) is 10.1 Å². The third-order valence-corrected chi connectivity index (χ3v) is 2.59. The molecule has 0 aliphatic heterocycles. The van der Waals surface area contributed by atoms with Crippen molar-refractivity contribution in [3.63, 3.8) is 0 Å². The molecule has 0 spiro atoms. The lowest BCUT2D eigenvalue weighted by molar-refractivity contribution is -0.382. The van der Waals surface area contributed by atoms with Crippen LogP contribution in [0.2, 0.25) is 0 Å². The minimum atomic E-state index is -0.418. The molecular formula is C8H8N4O2S. The molecule has 0 amide bonds. The van der Waals surface area contributed by atoms with E-state index in [2.05, 4.69) is 8.75 Å². The van der Waals surface area contributed by atoms with E-state index >= 15 is 0 Å². The van der Waals surface area contributed by atoms with Crippen LogP contribution in [0.25, 0.3) is 11.0 Å². The highest BCUT2D eigenvalue weighted by atomic mass is 32.1. The quantitative estimate of drug-likeness (QED) is 0.573. The molecule has 0 fully saturated rings. The number of nitrogens with zero attached hydrogens (tertiary/aromatic N) is 4. The van der Waals surface area contributed by atoms with Crippen molar-refractivity contribution in [3.05, 3.63) is 22.2 Å². The van der Waals surface area contributed by atoms with Gasteiger partial charge in [-0.25, -0.2) is 0 Å². The average molecular weight is 224 g/mol. The van der Waals surface area contributed by atoms with Crippen LogP contribution in [-0.4, -0.2) is 27.8 Å². The number of nitro benzene ring substituents is 1. The van der Waals surface area contributed by atoms with Gasteiger partial charge >= 0.3 is 5.69 Å². The van der Waals surface area contributed by atoms with Crippen LogP contribution in [0.1, 0.15) is 0 Å². The molecule has 15 heavy (non-hydrogen) atoms. The third-order valence-electron chi connectivity index (χ3n) is 2.04. The van der Waals surface area contributed by atoms with Crippen molar-refractivity contribution < 1.29 is 4.92 Å². The predicted molar refractivity (Wildman–Crippen MR) is 58.4 cm³/mol. The number of aromatic nitrogens is 2. The van der Waals surface area contributed by atoms with Gasteiger partial charge in [-0.15, -0.1) is 0 Å². The Morgan fingerprint density at radius 3 is 2.73 bits per heavy atom. The molecule has 0 N–H and O–H groups in total. The molecule has 6 nitrogen and oxygen atoms in total. The Morgan fingerprint density at radius 2 is 2.13 bits per heavy atom. The monoisotopic (exact) mass is 224 g/mol. The van der Waals surface area contributed by atoms with Gasteiger partial charge in [0.25, 0.3) is 0 Å². The third kappa shape index (κ3) is 1.50. The Hall–Kier alpha value is -1.76. The molecule has 0 saturated heterocycles. The summed E-state index contributed by atoms with van der Waals surface area (Å²) in [6.45, 7) is 0. The summed E-state index contributed by atoms with van der Waals surface area (Å²) < 4.78 is 7.91. The van der Waals surface area contributed by atoms with Gasteiger partial charge < -0.3 is 4.90 Å². The van der Waals surface area contributed by atoms with Gasteiger partial charge in [-0.1, -0.05) is 0 Å². The first-order chi connectivity index (χ1) is 7.11. The van der Waals surface area contributed by atoms with Crippen LogP contribution in [-0.2, 0) is 0 Å². The minimum Gasteiger partial charge on any atom is -0.372 e. The molecule has 0 bridgehead atoms. The predicted octanol–water partition coefficient (Wildman–Crippen LogP) is 1.67. The lowest BCUT2D eigenvalue weighted by Crippen LogP contribution is -2.11. The molecule has 1 aromatic carbocycles. The summed E-state index contributed by atoms with van der Waals surface area (Å²) in [7, 11) is 3.52. The fraction of sp³-hybridized carbons (Fsp3) is 0.250. The highest BCUT2D eigenvalue weighted by molar-refractivity contribution is 7.00. The van der Waals surface area contributed by atoms with E-state index in [1.807, 2.05) is 0 Å². The van der Waals surface area contributed by atoms with Crippen LogP contribution in [0.4, 0.5) is 11.4 Å². The zero-order chi connectivity index (χ0) is 11.0. The highest BCUT2D eigenvalue weighted by Crippen LogP contribution is 2.33. The van der Waals surface area contributed by atoms with E-state index in [1.54, 1.807) is 31.1 Å². The molecule has 0 aliphatic carbocycles. The maximum absolute atomic E-state index is 11.0. The number of hydrogen-bond donors (Lipinski definition) is 0. The first kappa shape index (κ1) is 9.78. The van der Waals surface area contributed by atoms with Gasteiger partial charge in [-0.05, 0) is 12.1 Å². The number of benzene rings is 1.